The van der Waals surface area contributed by atoms with Crippen molar-refractivity contribution in [3.05, 3.63) is 72.1 Å². The molecule has 0 spiro atoms. The standard InChI is InChI=1S/C19H17N7O/c20-18-23-11-15(12-24-18)5-4-14-2-1-3-17(10-14)26-19(27)22-9-7-16-6-8-21-13-25-16/h1-3,6,8,10-13H,7,9H2,(H2,20,23,24)(H2,22,26,27). The van der Waals surface area contributed by atoms with Crippen LogP contribution in [0.15, 0.2) is 55.2 Å². The minimum atomic E-state index is -0.291. The molecule has 0 unspecified atom stereocenters. The number of benzene rings is 1. The maximum atomic E-state index is 12.0. The van der Waals surface area contributed by atoms with E-state index in [9.17, 15) is 4.79 Å². The van der Waals surface area contributed by atoms with Gasteiger partial charge < -0.3 is 16.4 Å². The minimum absolute atomic E-state index is 0.206. The molecule has 8 heteroatoms. The first-order valence-electron chi connectivity index (χ1n) is 8.18. The van der Waals surface area contributed by atoms with Crippen LogP contribution in [0.1, 0.15) is 16.8 Å². The molecule has 0 fully saturated rings. The molecule has 0 aliphatic carbocycles. The number of anilines is 2. The Labute approximate surface area is 156 Å². The van der Waals surface area contributed by atoms with Crippen LogP contribution in [0.5, 0.6) is 0 Å². The van der Waals surface area contributed by atoms with Gasteiger partial charge in [-0.15, -0.1) is 0 Å². The molecule has 0 aliphatic rings. The molecule has 2 heterocycles. The second-order valence-electron chi connectivity index (χ2n) is 5.49. The molecule has 134 valence electrons. The molecule has 3 rings (SSSR count). The highest BCUT2D eigenvalue weighted by Crippen LogP contribution is 2.10. The molecule has 3 aromatic rings. The number of urea groups is 1. The van der Waals surface area contributed by atoms with Crippen LogP contribution < -0.4 is 16.4 Å². The normalized spacial score (nSPS) is 9.78. The number of carbonyl (C=O) groups is 1. The number of carbonyl (C=O) groups excluding carboxylic acids is 1. The van der Waals surface area contributed by atoms with Crippen molar-refractivity contribution in [3.8, 4) is 11.8 Å². The number of rotatable bonds is 4. The topological polar surface area (TPSA) is 119 Å². The Bertz CT molecular complexity index is 963. The Morgan fingerprint density at radius 2 is 1.89 bits per heavy atom. The Balaban J connectivity index is 1.54. The summed E-state index contributed by atoms with van der Waals surface area (Å²) < 4.78 is 0. The van der Waals surface area contributed by atoms with Crippen molar-refractivity contribution >= 4 is 17.7 Å². The van der Waals surface area contributed by atoms with E-state index < -0.39 is 0 Å². The van der Waals surface area contributed by atoms with Gasteiger partial charge in [-0.1, -0.05) is 17.9 Å². The zero-order chi connectivity index (χ0) is 18.9. The van der Waals surface area contributed by atoms with Gasteiger partial charge in [0.15, 0.2) is 0 Å². The van der Waals surface area contributed by atoms with Crippen molar-refractivity contribution in [1.29, 1.82) is 0 Å². The largest absolute Gasteiger partial charge is 0.368 e. The minimum Gasteiger partial charge on any atom is -0.368 e. The summed E-state index contributed by atoms with van der Waals surface area (Å²) in [5.74, 6) is 6.16. The van der Waals surface area contributed by atoms with Gasteiger partial charge in [0.25, 0.3) is 0 Å². The van der Waals surface area contributed by atoms with E-state index in [0.29, 0.717) is 24.2 Å². The van der Waals surface area contributed by atoms with Gasteiger partial charge in [-0.25, -0.2) is 24.7 Å². The van der Waals surface area contributed by atoms with Crippen LogP contribution in [0.25, 0.3) is 0 Å². The highest BCUT2D eigenvalue weighted by atomic mass is 16.2. The fourth-order valence-electron chi connectivity index (χ4n) is 2.17. The molecule has 4 N–H and O–H groups in total. The summed E-state index contributed by atoms with van der Waals surface area (Å²) in [5.41, 5.74) is 8.38. The van der Waals surface area contributed by atoms with E-state index >= 15 is 0 Å². The highest BCUT2D eigenvalue weighted by Gasteiger charge is 2.02. The predicted molar refractivity (Wildman–Crippen MR) is 102 cm³/mol. The summed E-state index contributed by atoms with van der Waals surface area (Å²) in [6.07, 6.45) is 6.90. The first kappa shape index (κ1) is 17.8. The number of nitrogens with one attached hydrogen (secondary N) is 2. The maximum absolute atomic E-state index is 12.0. The quantitative estimate of drug-likeness (QED) is 0.609. The third-order valence-electron chi connectivity index (χ3n) is 3.45. The van der Waals surface area contributed by atoms with Crippen molar-refractivity contribution in [1.82, 2.24) is 25.3 Å². The van der Waals surface area contributed by atoms with Gasteiger partial charge >= 0.3 is 6.03 Å². The zero-order valence-electron chi connectivity index (χ0n) is 14.4. The van der Waals surface area contributed by atoms with Crippen LogP contribution in [0.4, 0.5) is 16.4 Å². The van der Waals surface area contributed by atoms with Gasteiger partial charge in [-0.3, -0.25) is 0 Å². The number of amides is 2. The molecule has 27 heavy (non-hydrogen) atoms. The summed E-state index contributed by atoms with van der Waals surface area (Å²) in [6.45, 7) is 0.472. The van der Waals surface area contributed by atoms with Crippen LogP contribution >= 0.6 is 0 Å². The van der Waals surface area contributed by atoms with Gasteiger partial charge in [0.1, 0.15) is 6.33 Å². The first-order chi connectivity index (χ1) is 13.2. The second-order valence-corrected chi connectivity index (χ2v) is 5.49. The highest BCUT2D eigenvalue weighted by molar-refractivity contribution is 5.89. The van der Waals surface area contributed by atoms with Crippen LogP contribution in [-0.4, -0.2) is 32.5 Å². The summed E-state index contributed by atoms with van der Waals surface area (Å²) >= 11 is 0. The fraction of sp³-hybridized carbons (Fsp3) is 0.105. The Hall–Kier alpha value is -3.99. The predicted octanol–water partition coefficient (Wildman–Crippen LogP) is 1.61. The molecule has 2 aromatic heterocycles. The SMILES string of the molecule is Nc1ncc(C#Cc2cccc(NC(=O)NCCc3ccncn3)c2)cn1. The fourth-order valence-corrected chi connectivity index (χ4v) is 2.17. The van der Waals surface area contributed by atoms with Crippen LogP contribution in [0.3, 0.4) is 0 Å². The van der Waals surface area contributed by atoms with Gasteiger partial charge in [0.2, 0.25) is 5.95 Å². The number of hydrogen-bond acceptors (Lipinski definition) is 6. The van der Waals surface area contributed by atoms with Crippen LogP contribution in [0, 0.1) is 11.8 Å². The summed E-state index contributed by atoms with van der Waals surface area (Å²) in [6, 6.07) is 8.77. The molecular weight excluding hydrogens is 342 g/mol. The van der Waals surface area contributed by atoms with Gasteiger partial charge in [0.05, 0.1) is 5.56 Å². The average molecular weight is 359 g/mol. The molecule has 0 aliphatic heterocycles. The smallest absolute Gasteiger partial charge is 0.319 e. The van der Waals surface area contributed by atoms with Crippen LogP contribution in [0.2, 0.25) is 0 Å². The van der Waals surface area contributed by atoms with Crippen LogP contribution in [-0.2, 0) is 6.42 Å². The Morgan fingerprint density at radius 1 is 1.07 bits per heavy atom. The lowest BCUT2D eigenvalue weighted by Crippen LogP contribution is -2.30. The molecule has 2 amide bonds. The molecule has 0 atom stereocenters. The third-order valence-corrected chi connectivity index (χ3v) is 3.45. The lowest BCUT2D eigenvalue weighted by Gasteiger charge is -2.07. The van der Waals surface area contributed by atoms with Gasteiger partial charge in [-0.2, -0.15) is 0 Å². The molecule has 0 saturated carbocycles. The summed E-state index contributed by atoms with van der Waals surface area (Å²) in [4.78, 5) is 27.7. The number of hydrogen-bond donors (Lipinski definition) is 3. The van der Waals surface area contributed by atoms with E-state index in [-0.39, 0.29) is 12.0 Å². The molecule has 8 nitrogen and oxygen atoms in total. The lowest BCUT2D eigenvalue weighted by molar-refractivity contribution is 0.252. The lowest BCUT2D eigenvalue weighted by atomic mass is 10.2. The van der Waals surface area contributed by atoms with Gasteiger partial charge in [0, 0.05) is 48.5 Å². The first-order valence-corrected chi connectivity index (χ1v) is 8.18. The Morgan fingerprint density at radius 3 is 2.67 bits per heavy atom. The molecule has 0 bridgehead atoms. The summed E-state index contributed by atoms with van der Waals surface area (Å²) in [7, 11) is 0. The second kappa shape index (κ2) is 8.92. The number of nitrogens with two attached hydrogens (primary N) is 1. The monoisotopic (exact) mass is 359 g/mol. The maximum Gasteiger partial charge on any atom is 0.319 e. The van der Waals surface area contributed by atoms with E-state index in [4.69, 9.17) is 5.73 Å². The van der Waals surface area contributed by atoms with Crippen molar-refractivity contribution < 1.29 is 4.79 Å². The molecule has 0 radical (unpaired) electrons. The van der Waals surface area contributed by atoms with Crippen molar-refractivity contribution in [2.75, 3.05) is 17.6 Å². The summed E-state index contributed by atoms with van der Waals surface area (Å²) in [5, 5.41) is 5.57. The molecule has 0 saturated heterocycles. The van der Waals surface area contributed by atoms with E-state index in [1.807, 2.05) is 18.2 Å². The zero-order valence-corrected chi connectivity index (χ0v) is 14.4. The van der Waals surface area contributed by atoms with Crippen molar-refractivity contribution in [2.24, 2.45) is 0 Å². The van der Waals surface area contributed by atoms with E-state index in [0.717, 1.165) is 11.3 Å². The van der Waals surface area contributed by atoms with E-state index in [1.54, 1.807) is 30.7 Å². The average Bonchev–Trinajstić information content (AvgIpc) is 2.69. The Kier molecular flexibility index (Phi) is 5.89. The van der Waals surface area contributed by atoms with E-state index in [1.165, 1.54) is 6.33 Å². The van der Waals surface area contributed by atoms with E-state index in [2.05, 4.69) is 42.4 Å². The molecular formula is C19H17N7O. The molecule has 1 aromatic carbocycles. The number of nitrogen functional groups attached to an aromatic ring is 1. The van der Waals surface area contributed by atoms with Crippen molar-refractivity contribution in [2.45, 2.75) is 6.42 Å². The van der Waals surface area contributed by atoms with Crippen molar-refractivity contribution in [3.63, 3.8) is 0 Å². The third kappa shape index (κ3) is 5.79. The number of nitrogens with zero attached hydrogens (tertiary/aromatic N) is 4. The van der Waals surface area contributed by atoms with Gasteiger partial charge in [-0.05, 0) is 24.3 Å². The number of aromatic nitrogens is 4.